The largest absolute Gasteiger partial charge is 0.372 e. The zero-order valence-electron chi connectivity index (χ0n) is 20.4. The summed E-state index contributed by atoms with van der Waals surface area (Å²) in [7, 11) is 0. The number of nitrogens with one attached hydrogen (secondary N) is 2. The number of hydrogen-bond acceptors (Lipinski definition) is 7. The lowest BCUT2D eigenvalue weighted by molar-refractivity contribution is -0.117. The molecule has 3 heterocycles. The summed E-state index contributed by atoms with van der Waals surface area (Å²) in [6.45, 7) is 2.48. The SMILES string of the molecule is NC(=O)c1ccc(CCCC2Nc3ccc(C(=O)N4CCN(c5ncccn5)CC4)cc3NC2=O)cc1. The summed E-state index contributed by atoms with van der Waals surface area (Å²) in [6.07, 6.45) is 5.66. The molecular formula is C27H29N7O3. The van der Waals surface area contributed by atoms with Crippen LogP contribution in [-0.4, -0.2) is 64.8 Å². The average Bonchev–Trinajstić information content (AvgIpc) is 2.93. The predicted molar refractivity (Wildman–Crippen MR) is 141 cm³/mol. The zero-order chi connectivity index (χ0) is 25.8. The van der Waals surface area contributed by atoms with Crippen molar-refractivity contribution >= 4 is 35.0 Å². The Balaban J connectivity index is 1.15. The van der Waals surface area contributed by atoms with E-state index in [1.54, 1.807) is 42.7 Å². The highest BCUT2D eigenvalue weighted by Gasteiger charge is 2.28. The van der Waals surface area contributed by atoms with Gasteiger partial charge in [0.1, 0.15) is 6.04 Å². The molecule has 0 saturated carbocycles. The lowest BCUT2D eigenvalue weighted by Gasteiger charge is -2.35. The second kappa shape index (κ2) is 10.7. The number of nitrogens with zero attached hydrogens (tertiary/aromatic N) is 4. The zero-order valence-corrected chi connectivity index (χ0v) is 20.4. The third kappa shape index (κ3) is 5.53. The Morgan fingerprint density at radius 2 is 1.65 bits per heavy atom. The van der Waals surface area contributed by atoms with Crippen molar-refractivity contribution in [2.75, 3.05) is 41.7 Å². The monoisotopic (exact) mass is 499 g/mol. The minimum Gasteiger partial charge on any atom is -0.372 e. The van der Waals surface area contributed by atoms with Crippen LogP contribution in [0, 0.1) is 0 Å². The summed E-state index contributed by atoms with van der Waals surface area (Å²) in [4.78, 5) is 49.5. The van der Waals surface area contributed by atoms with Gasteiger partial charge in [0.25, 0.3) is 5.91 Å². The van der Waals surface area contributed by atoms with Crippen LogP contribution in [0.1, 0.15) is 39.1 Å². The highest BCUT2D eigenvalue weighted by molar-refractivity contribution is 6.05. The van der Waals surface area contributed by atoms with Gasteiger partial charge in [-0.15, -0.1) is 0 Å². The summed E-state index contributed by atoms with van der Waals surface area (Å²) in [5, 5.41) is 6.27. The maximum atomic E-state index is 13.1. The molecule has 4 N–H and O–H groups in total. The number of rotatable bonds is 7. The topological polar surface area (TPSA) is 134 Å². The van der Waals surface area contributed by atoms with Gasteiger partial charge in [-0.3, -0.25) is 14.4 Å². The van der Waals surface area contributed by atoms with E-state index >= 15 is 0 Å². The molecule has 0 bridgehead atoms. The molecule has 2 aromatic carbocycles. The molecule has 3 amide bonds. The molecule has 1 aromatic heterocycles. The molecular weight excluding hydrogens is 470 g/mol. The predicted octanol–water partition coefficient (Wildman–Crippen LogP) is 2.29. The van der Waals surface area contributed by atoms with Gasteiger partial charge in [-0.05, 0) is 61.2 Å². The van der Waals surface area contributed by atoms with Gasteiger partial charge in [-0.25, -0.2) is 9.97 Å². The number of carbonyl (C=O) groups excluding carboxylic acids is 3. The van der Waals surface area contributed by atoms with Crippen molar-refractivity contribution in [2.24, 2.45) is 5.73 Å². The quantitative estimate of drug-likeness (QED) is 0.454. The molecule has 10 nitrogen and oxygen atoms in total. The van der Waals surface area contributed by atoms with E-state index in [9.17, 15) is 14.4 Å². The lowest BCUT2D eigenvalue weighted by Crippen LogP contribution is -2.49. The van der Waals surface area contributed by atoms with Gasteiger partial charge >= 0.3 is 0 Å². The number of fused-ring (bicyclic) bond motifs is 1. The molecule has 37 heavy (non-hydrogen) atoms. The fourth-order valence-electron chi connectivity index (χ4n) is 4.68. The molecule has 10 heteroatoms. The summed E-state index contributed by atoms with van der Waals surface area (Å²) in [5.74, 6) is 0.0550. The molecule has 5 rings (SSSR count). The van der Waals surface area contributed by atoms with Crippen molar-refractivity contribution in [1.29, 1.82) is 0 Å². The minimum atomic E-state index is -0.445. The summed E-state index contributed by atoms with van der Waals surface area (Å²) in [5.41, 5.74) is 8.82. The number of carbonyl (C=O) groups is 3. The highest BCUT2D eigenvalue weighted by atomic mass is 16.2. The molecule has 3 aromatic rings. The van der Waals surface area contributed by atoms with Crippen molar-refractivity contribution < 1.29 is 14.4 Å². The van der Waals surface area contributed by atoms with Gasteiger partial charge in [0, 0.05) is 49.7 Å². The average molecular weight is 500 g/mol. The Morgan fingerprint density at radius 3 is 2.35 bits per heavy atom. The van der Waals surface area contributed by atoms with Crippen LogP contribution < -0.4 is 21.3 Å². The summed E-state index contributed by atoms with van der Waals surface area (Å²) in [6, 6.07) is 14.0. The van der Waals surface area contributed by atoms with E-state index in [2.05, 4.69) is 25.5 Å². The van der Waals surface area contributed by atoms with E-state index in [4.69, 9.17) is 5.73 Å². The first-order valence-corrected chi connectivity index (χ1v) is 12.4. The molecule has 0 radical (unpaired) electrons. The van der Waals surface area contributed by atoms with E-state index in [0.29, 0.717) is 55.4 Å². The van der Waals surface area contributed by atoms with Crippen molar-refractivity contribution in [3.63, 3.8) is 0 Å². The number of aromatic nitrogens is 2. The number of primary amides is 1. The molecule has 1 fully saturated rings. The van der Waals surface area contributed by atoms with Crippen LogP contribution >= 0.6 is 0 Å². The summed E-state index contributed by atoms with van der Waals surface area (Å²) >= 11 is 0. The van der Waals surface area contributed by atoms with Crippen LogP contribution in [0.15, 0.2) is 60.9 Å². The van der Waals surface area contributed by atoms with E-state index < -0.39 is 5.91 Å². The molecule has 2 aliphatic rings. The second-order valence-electron chi connectivity index (χ2n) is 9.23. The van der Waals surface area contributed by atoms with E-state index in [-0.39, 0.29) is 17.9 Å². The van der Waals surface area contributed by atoms with Crippen LogP contribution in [0.4, 0.5) is 17.3 Å². The lowest BCUT2D eigenvalue weighted by atomic mass is 10.0. The number of aryl methyl sites for hydroxylation is 1. The Kier molecular flexibility index (Phi) is 6.98. The van der Waals surface area contributed by atoms with Crippen molar-refractivity contribution in [3.8, 4) is 0 Å². The Hall–Kier alpha value is -4.47. The third-order valence-corrected chi connectivity index (χ3v) is 6.77. The van der Waals surface area contributed by atoms with Gasteiger partial charge in [0.05, 0.1) is 11.4 Å². The minimum absolute atomic E-state index is 0.0600. The standard InChI is InChI=1S/C27H29N7O3/c28-24(35)19-7-5-18(6-8-19)3-1-4-22-25(36)32-23-17-20(9-10-21(23)31-22)26(37)33-13-15-34(16-14-33)27-29-11-2-12-30-27/h2,5-12,17,22,31H,1,3-4,13-16H2,(H2,28,35)(H,32,36). The molecule has 1 saturated heterocycles. The molecule has 1 unspecified atom stereocenters. The second-order valence-corrected chi connectivity index (χ2v) is 9.23. The summed E-state index contributed by atoms with van der Waals surface area (Å²) < 4.78 is 0. The Morgan fingerprint density at radius 1 is 0.946 bits per heavy atom. The van der Waals surface area contributed by atoms with Crippen molar-refractivity contribution in [3.05, 3.63) is 77.6 Å². The van der Waals surface area contributed by atoms with Crippen LogP contribution in [0.5, 0.6) is 0 Å². The Labute approximate surface area is 214 Å². The number of nitrogens with two attached hydrogens (primary N) is 1. The normalized spacial score (nSPS) is 17.0. The number of anilines is 3. The van der Waals surface area contributed by atoms with Crippen LogP contribution in [-0.2, 0) is 11.2 Å². The third-order valence-electron chi connectivity index (χ3n) is 6.77. The smallest absolute Gasteiger partial charge is 0.254 e. The molecule has 2 aliphatic heterocycles. The maximum absolute atomic E-state index is 13.1. The van der Waals surface area contributed by atoms with E-state index in [1.807, 2.05) is 23.1 Å². The van der Waals surface area contributed by atoms with Gasteiger partial charge in [0.2, 0.25) is 17.8 Å². The number of benzene rings is 2. The fourth-order valence-corrected chi connectivity index (χ4v) is 4.68. The molecule has 0 spiro atoms. The maximum Gasteiger partial charge on any atom is 0.254 e. The van der Waals surface area contributed by atoms with E-state index in [1.165, 1.54) is 0 Å². The fraction of sp³-hybridized carbons (Fsp3) is 0.296. The number of hydrogen-bond donors (Lipinski definition) is 3. The van der Waals surface area contributed by atoms with E-state index in [0.717, 1.165) is 24.1 Å². The van der Waals surface area contributed by atoms with Crippen molar-refractivity contribution in [1.82, 2.24) is 14.9 Å². The Bertz CT molecular complexity index is 1290. The van der Waals surface area contributed by atoms with Crippen LogP contribution in [0.25, 0.3) is 0 Å². The molecule has 190 valence electrons. The van der Waals surface area contributed by atoms with Gasteiger partial charge < -0.3 is 26.2 Å². The first-order chi connectivity index (χ1) is 18.0. The highest BCUT2D eigenvalue weighted by Crippen LogP contribution is 2.30. The van der Waals surface area contributed by atoms with Crippen molar-refractivity contribution in [2.45, 2.75) is 25.3 Å². The van der Waals surface area contributed by atoms with Gasteiger partial charge in [-0.2, -0.15) is 0 Å². The first-order valence-electron chi connectivity index (χ1n) is 12.4. The molecule has 1 atom stereocenters. The van der Waals surface area contributed by atoms with Crippen LogP contribution in [0.3, 0.4) is 0 Å². The van der Waals surface area contributed by atoms with Gasteiger partial charge in [-0.1, -0.05) is 12.1 Å². The first kappa shape index (κ1) is 24.2. The number of amides is 3. The van der Waals surface area contributed by atoms with Gasteiger partial charge in [0.15, 0.2) is 0 Å². The van der Waals surface area contributed by atoms with Crippen LogP contribution in [0.2, 0.25) is 0 Å². The number of piperazine rings is 1. The molecule has 0 aliphatic carbocycles.